The first-order valence-corrected chi connectivity index (χ1v) is 11.7. The van der Waals surface area contributed by atoms with Crippen LogP contribution in [0.4, 0.5) is 0 Å². The van der Waals surface area contributed by atoms with Crippen LogP contribution in [-0.2, 0) is 14.3 Å². The van der Waals surface area contributed by atoms with Gasteiger partial charge in [0.15, 0.2) is 0 Å². The minimum absolute atomic E-state index is 0. The zero-order valence-corrected chi connectivity index (χ0v) is 18.3. The van der Waals surface area contributed by atoms with E-state index < -0.39 is 18.0 Å². The standard InChI is InChI=1S/C23H45NO4.2Na.2H/c1-2-3-4-5-6-7-8-9-10-11-12-13-14-15-16-17-20-28-23(27)21(24)18-19-22(25)26;;;;/h21H,2-20,24H2,1H3,(H,25,26);;;;/t21-;;;;/m0..../s1. The van der Waals surface area contributed by atoms with Crippen molar-refractivity contribution >= 4 is 71.1 Å². The van der Waals surface area contributed by atoms with Gasteiger partial charge in [0.25, 0.3) is 0 Å². The van der Waals surface area contributed by atoms with Gasteiger partial charge in [-0.05, 0) is 12.8 Å². The summed E-state index contributed by atoms with van der Waals surface area (Å²) in [5.74, 6) is -1.43. The molecule has 0 aliphatic heterocycles. The van der Waals surface area contributed by atoms with Crippen LogP contribution >= 0.6 is 0 Å². The van der Waals surface area contributed by atoms with Crippen molar-refractivity contribution in [1.82, 2.24) is 0 Å². The quantitative estimate of drug-likeness (QED) is 0.151. The molecule has 0 heterocycles. The number of esters is 1. The van der Waals surface area contributed by atoms with Crippen LogP contribution in [0.3, 0.4) is 0 Å². The third kappa shape index (κ3) is 26.9. The summed E-state index contributed by atoms with van der Waals surface area (Å²) in [5.41, 5.74) is 5.60. The molecule has 0 aliphatic rings. The number of carbonyl (C=O) groups excluding carboxylic acids is 1. The minimum atomic E-state index is -0.943. The molecular formula is C23H47NNa2O4. The van der Waals surface area contributed by atoms with E-state index in [1.165, 1.54) is 89.9 Å². The molecule has 7 heteroatoms. The predicted molar refractivity (Wildman–Crippen MR) is 130 cm³/mol. The molecule has 3 N–H and O–H groups in total. The van der Waals surface area contributed by atoms with Crippen LogP contribution < -0.4 is 5.73 Å². The van der Waals surface area contributed by atoms with Crippen LogP contribution in [0, 0.1) is 0 Å². The number of carboxylic acids is 1. The van der Waals surface area contributed by atoms with E-state index in [1.54, 1.807) is 0 Å². The van der Waals surface area contributed by atoms with Gasteiger partial charge in [0.05, 0.1) is 6.61 Å². The van der Waals surface area contributed by atoms with Crippen molar-refractivity contribution in [2.75, 3.05) is 6.61 Å². The van der Waals surface area contributed by atoms with Crippen molar-refractivity contribution < 1.29 is 19.4 Å². The number of aliphatic carboxylic acids is 1. The third-order valence-corrected chi connectivity index (χ3v) is 5.21. The zero-order valence-electron chi connectivity index (χ0n) is 18.3. The van der Waals surface area contributed by atoms with Gasteiger partial charge in [-0.15, -0.1) is 0 Å². The summed E-state index contributed by atoms with van der Waals surface area (Å²) in [6.07, 6.45) is 21.0. The van der Waals surface area contributed by atoms with Crippen molar-refractivity contribution in [1.29, 1.82) is 0 Å². The summed E-state index contributed by atoms with van der Waals surface area (Å²) in [6, 6.07) is -0.822. The molecule has 0 bridgehead atoms. The van der Waals surface area contributed by atoms with Crippen molar-refractivity contribution in [3.8, 4) is 0 Å². The molecule has 0 fully saturated rings. The molecule has 0 radical (unpaired) electrons. The first-order chi connectivity index (χ1) is 13.6. The van der Waals surface area contributed by atoms with E-state index in [1.807, 2.05) is 0 Å². The number of hydrogen-bond donors (Lipinski definition) is 2. The Bertz CT molecular complexity index is 384. The number of unbranched alkanes of at least 4 members (excludes halogenated alkanes) is 15. The number of nitrogens with two attached hydrogens (primary N) is 1. The maximum absolute atomic E-state index is 11.6. The summed E-state index contributed by atoms with van der Waals surface area (Å²) >= 11 is 0. The molecule has 0 rings (SSSR count). The van der Waals surface area contributed by atoms with Crippen LogP contribution in [0.5, 0.6) is 0 Å². The van der Waals surface area contributed by atoms with Gasteiger partial charge in [0.1, 0.15) is 6.04 Å². The number of carboxylic acid groups (broad SMARTS) is 1. The van der Waals surface area contributed by atoms with Gasteiger partial charge in [0, 0.05) is 6.42 Å². The van der Waals surface area contributed by atoms with Gasteiger partial charge in [-0.25, -0.2) is 0 Å². The zero-order chi connectivity index (χ0) is 20.9. The Kier molecular flexibility index (Phi) is 33.0. The number of ether oxygens (including phenoxy) is 1. The van der Waals surface area contributed by atoms with Crippen LogP contribution in [0.2, 0.25) is 0 Å². The molecule has 0 saturated carbocycles. The average Bonchev–Trinajstić information content (AvgIpc) is 2.68. The first-order valence-electron chi connectivity index (χ1n) is 11.7. The fraction of sp³-hybridized carbons (Fsp3) is 0.913. The van der Waals surface area contributed by atoms with E-state index in [0.29, 0.717) is 6.61 Å². The van der Waals surface area contributed by atoms with Crippen LogP contribution in [0.15, 0.2) is 0 Å². The Morgan fingerprint density at radius 2 is 1.10 bits per heavy atom. The van der Waals surface area contributed by atoms with Crippen molar-refractivity contribution in [2.45, 2.75) is 129 Å². The molecule has 0 saturated heterocycles. The van der Waals surface area contributed by atoms with Gasteiger partial charge in [-0.2, -0.15) is 0 Å². The molecule has 0 aromatic rings. The fourth-order valence-electron chi connectivity index (χ4n) is 3.33. The van der Waals surface area contributed by atoms with Gasteiger partial charge in [0.2, 0.25) is 0 Å². The summed E-state index contributed by atoms with van der Waals surface area (Å²) in [7, 11) is 0. The fourth-order valence-corrected chi connectivity index (χ4v) is 3.33. The first kappa shape index (κ1) is 35.5. The number of rotatable bonds is 21. The van der Waals surface area contributed by atoms with Gasteiger partial charge < -0.3 is 15.6 Å². The molecule has 0 spiro atoms. The molecule has 0 unspecified atom stereocenters. The van der Waals surface area contributed by atoms with Crippen molar-refractivity contribution in [2.24, 2.45) is 5.73 Å². The van der Waals surface area contributed by atoms with Gasteiger partial charge in [-0.1, -0.05) is 103 Å². The van der Waals surface area contributed by atoms with E-state index in [9.17, 15) is 9.59 Å². The Balaban J connectivity index is -0.00000364. The monoisotopic (exact) mass is 447 g/mol. The van der Waals surface area contributed by atoms with Crippen LogP contribution in [-0.4, -0.2) is 88.8 Å². The number of carbonyl (C=O) groups is 2. The Labute approximate surface area is 229 Å². The summed E-state index contributed by atoms with van der Waals surface area (Å²) in [4.78, 5) is 22.0. The Morgan fingerprint density at radius 3 is 1.47 bits per heavy atom. The Morgan fingerprint density at radius 1 is 0.733 bits per heavy atom. The second-order valence-corrected chi connectivity index (χ2v) is 8.01. The van der Waals surface area contributed by atoms with Crippen molar-refractivity contribution in [3.63, 3.8) is 0 Å². The van der Waals surface area contributed by atoms with E-state index in [0.717, 1.165) is 12.8 Å². The molecular weight excluding hydrogens is 400 g/mol. The summed E-state index contributed by atoms with van der Waals surface area (Å²) < 4.78 is 5.10. The molecule has 170 valence electrons. The normalized spacial score (nSPS) is 11.3. The second kappa shape index (κ2) is 27.9. The molecule has 1 atom stereocenters. The van der Waals surface area contributed by atoms with E-state index in [-0.39, 0.29) is 72.0 Å². The molecule has 0 amide bonds. The SMILES string of the molecule is CCCCCCCCCCCCCCCCCCOC(=O)[C@@H](N)CCC(=O)O.[NaH].[NaH]. The topological polar surface area (TPSA) is 89.6 Å². The van der Waals surface area contributed by atoms with Crippen LogP contribution in [0.1, 0.15) is 122 Å². The van der Waals surface area contributed by atoms with Gasteiger partial charge >= 0.3 is 71.1 Å². The maximum atomic E-state index is 11.6. The van der Waals surface area contributed by atoms with E-state index in [2.05, 4.69) is 6.92 Å². The number of hydrogen-bond acceptors (Lipinski definition) is 4. The molecule has 30 heavy (non-hydrogen) atoms. The second-order valence-electron chi connectivity index (χ2n) is 8.01. The van der Waals surface area contributed by atoms with Crippen molar-refractivity contribution in [3.05, 3.63) is 0 Å². The summed E-state index contributed by atoms with van der Waals surface area (Å²) in [5, 5.41) is 8.57. The molecule has 0 aromatic heterocycles. The average molecular weight is 448 g/mol. The van der Waals surface area contributed by atoms with Gasteiger partial charge in [-0.3, -0.25) is 9.59 Å². The van der Waals surface area contributed by atoms with Crippen LogP contribution in [0.25, 0.3) is 0 Å². The Hall–Kier alpha value is 0.900. The third-order valence-electron chi connectivity index (χ3n) is 5.21. The van der Waals surface area contributed by atoms with E-state index in [4.69, 9.17) is 15.6 Å². The molecule has 0 aromatic carbocycles. The molecule has 5 nitrogen and oxygen atoms in total. The summed E-state index contributed by atoms with van der Waals surface area (Å²) in [6.45, 7) is 2.65. The molecule has 0 aliphatic carbocycles. The van der Waals surface area contributed by atoms with E-state index >= 15 is 0 Å². The predicted octanol–water partition coefficient (Wildman–Crippen LogP) is 4.69.